The third-order valence-electron chi connectivity index (χ3n) is 7.59. The van der Waals surface area contributed by atoms with Crippen LogP contribution in [0.15, 0.2) is 140 Å². The molecule has 1 nitrogen and oxygen atoms in total. The van der Waals surface area contributed by atoms with Crippen molar-refractivity contribution in [1.29, 1.82) is 0 Å². The van der Waals surface area contributed by atoms with Crippen LogP contribution < -0.4 is 0 Å². The van der Waals surface area contributed by atoms with Crippen LogP contribution in [0.4, 0.5) is 0 Å². The Hall–Kier alpha value is -4.36. The molecule has 178 valence electrons. The predicted molar refractivity (Wildman–Crippen MR) is 164 cm³/mol. The average Bonchev–Trinajstić information content (AvgIpc) is 3.53. The Bertz CT molecular complexity index is 2130. The molecule has 0 bridgehead atoms. The van der Waals surface area contributed by atoms with Crippen molar-refractivity contribution in [2.24, 2.45) is 0 Å². The predicted octanol–water partition coefficient (Wildman–Crippen LogP) is 9.48. The summed E-state index contributed by atoms with van der Waals surface area (Å²) in [7, 11) is 0. The van der Waals surface area contributed by atoms with Gasteiger partial charge in [0, 0.05) is 0 Å². The number of aromatic nitrogens is 1. The largest absolute Gasteiger partial charge is 0.0617 e. The van der Waals surface area contributed by atoms with E-state index < -0.39 is 0 Å². The molecule has 0 unspecified atom stereocenters. The normalized spacial score (nSPS) is 11.7. The van der Waals surface area contributed by atoms with Crippen molar-refractivity contribution in [2.45, 2.75) is 0 Å². The molecule has 8 rings (SSSR count). The third kappa shape index (κ3) is 3.39. The first kappa shape index (κ1) is 21.7. The Balaban J connectivity index is 1.33. The second kappa shape index (κ2) is 8.60. The Morgan fingerprint density at radius 1 is 0.368 bits per heavy atom. The van der Waals surface area contributed by atoms with Gasteiger partial charge in [0.1, 0.15) is 0 Å². The molecule has 0 saturated heterocycles. The van der Waals surface area contributed by atoms with E-state index in [-0.39, 0.29) is 0 Å². The Kier molecular flexibility index (Phi) is 4.91. The molecule has 2 heteroatoms. The van der Waals surface area contributed by atoms with E-state index in [9.17, 15) is 0 Å². The molecule has 0 saturated carbocycles. The van der Waals surface area contributed by atoms with Gasteiger partial charge in [-0.15, -0.1) is 0 Å². The third-order valence-corrected chi connectivity index (χ3v) is 10.0. The van der Waals surface area contributed by atoms with Crippen molar-refractivity contribution in [3.8, 4) is 27.9 Å². The molecule has 0 N–H and O–H groups in total. The summed E-state index contributed by atoms with van der Waals surface area (Å²) in [6.45, 7) is 0. The van der Waals surface area contributed by atoms with Gasteiger partial charge in [-0.1, -0.05) is 36.4 Å². The van der Waals surface area contributed by atoms with Crippen LogP contribution in [0.5, 0.6) is 0 Å². The zero-order chi connectivity index (χ0) is 25.1. The van der Waals surface area contributed by atoms with Gasteiger partial charge in [0.25, 0.3) is 0 Å². The van der Waals surface area contributed by atoms with Gasteiger partial charge < -0.3 is 0 Å². The summed E-state index contributed by atoms with van der Waals surface area (Å²) in [6.07, 6.45) is 0. The van der Waals surface area contributed by atoms with Gasteiger partial charge in [-0.05, 0) is 5.56 Å². The summed E-state index contributed by atoms with van der Waals surface area (Å²) < 4.78 is 5.38. The zero-order valence-corrected chi connectivity index (χ0v) is 22.3. The number of para-hydroxylation sites is 1. The number of hydrogen-bond acceptors (Lipinski definition) is 0. The van der Waals surface area contributed by atoms with E-state index >= 15 is 0 Å². The standard InChI is InChI=1S/C36H23NSe/c1-2-9-24(10-3-1)25-11-8-12-28(21-25)37-33-15-6-4-13-29(33)31-22-26(17-19-34(31)37)27-18-20-36-32(23-27)30-14-5-7-16-35(30)38-36/h1-23H. The first-order valence-electron chi connectivity index (χ1n) is 12.9. The number of fused-ring (bicyclic) bond motifs is 6. The van der Waals surface area contributed by atoms with E-state index in [0.717, 1.165) is 0 Å². The first-order valence-corrected chi connectivity index (χ1v) is 14.7. The number of benzene rings is 6. The van der Waals surface area contributed by atoms with Crippen molar-refractivity contribution in [3.63, 3.8) is 0 Å². The average molecular weight is 549 g/mol. The topological polar surface area (TPSA) is 4.93 Å². The van der Waals surface area contributed by atoms with Gasteiger partial charge in [0.15, 0.2) is 0 Å². The maximum absolute atomic E-state index is 2.41. The fourth-order valence-corrected chi connectivity index (χ4v) is 8.07. The Morgan fingerprint density at radius 3 is 1.89 bits per heavy atom. The smallest absolute Gasteiger partial charge is 0.0544 e. The van der Waals surface area contributed by atoms with Crippen LogP contribution in [0, 0.1) is 0 Å². The van der Waals surface area contributed by atoms with E-state index in [4.69, 9.17) is 0 Å². The molecule has 0 spiro atoms. The van der Waals surface area contributed by atoms with E-state index in [2.05, 4.69) is 144 Å². The van der Waals surface area contributed by atoms with E-state index in [0.29, 0.717) is 14.5 Å². The van der Waals surface area contributed by atoms with E-state index in [1.165, 1.54) is 69.0 Å². The van der Waals surface area contributed by atoms with Crippen LogP contribution in [0.1, 0.15) is 0 Å². The maximum Gasteiger partial charge on any atom is -0.0544 e. The molecule has 2 aromatic heterocycles. The molecule has 0 amide bonds. The minimum atomic E-state index is 0.399. The van der Waals surface area contributed by atoms with Crippen molar-refractivity contribution < 1.29 is 0 Å². The number of hydrogen-bond donors (Lipinski definition) is 0. The molecule has 0 atom stereocenters. The molecule has 8 aromatic rings. The molecular formula is C36H23NSe. The summed E-state index contributed by atoms with van der Waals surface area (Å²) in [4.78, 5) is 0. The van der Waals surface area contributed by atoms with Gasteiger partial charge >= 0.3 is 186 Å². The fraction of sp³-hybridized carbons (Fsp3) is 0. The van der Waals surface area contributed by atoms with Gasteiger partial charge in [0.2, 0.25) is 0 Å². The SMILES string of the molecule is c1ccc(-c2cccc(-n3c4ccccc4c4cc(-c5ccc6[se]c7ccccc7c6c5)ccc43)c2)cc1. The van der Waals surface area contributed by atoms with E-state index in [1.807, 2.05) is 0 Å². The monoisotopic (exact) mass is 549 g/mol. The molecule has 0 aliphatic carbocycles. The molecule has 6 aromatic carbocycles. The fourth-order valence-electron chi connectivity index (χ4n) is 5.79. The van der Waals surface area contributed by atoms with Crippen LogP contribution in [-0.4, -0.2) is 19.1 Å². The summed E-state index contributed by atoms with van der Waals surface area (Å²) in [5.41, 5.74) is 8.65. The Morgan fingerprint density at radius 2 is 1.00 bits per heavy atom. The molecule has 2 heterocycles. The maximum atomic E-state index is 2.41. The minimum absolute atomic E-state index is 0.399. The summed E-state index contributed by atoms with van der Waals surface area (Å²) in [5.74, 6) is 0. The Labute approximate surface area is 227 Å². The van der Waals surface area contributed by atoms with Crippen LogP contribution in [0.25, 0.3) is 69.0 Å². The second-order valence-corrected chi connectivity index (χ2v) is 12.1. The van der Waals surface area contributed by atoms with E-state index in [1.54, 1.807) is 0 Å². The van der Waals surface area contributed by atoms with Crippen LogP contribution >= 0.6 is 0 Å². The van der Waals surface area contributed by atoms with Crippen LogP contribution in [0.2, 0.25) is 0 Å². The number of rotatable bonds is 3. The van der Waals surface area contributed by atoms with Crippen molar-refractivity contribution in [1.82, 2.24) is 4.57 Å². The minimum Gasteiger partial charge on any atom is -0.0617 e. The molecule has 38 heavy (non-hydrogen) atoms. The summed E-state index contributed by atoms with van der Waals surface area (Å²) in [5, 5.41) is 5.37. The number of nitrogens with zero attached hydrogens (tertiary/aromatic N) is 1. The van der Waals surface area contributed by atoms with Crippen LogP contribution in [-0.2, 0) is 0 Å². The quantitative estimate of drug-likeness (QED) is 0.194. The van der Waals surface area contributed by atoms with Gasteiger partial charge in [0.05, 0.1) is 0 Å². The molecule has 0 aliphatic heterocycles. The molecular weight excluding hydrogens is 525 g/mol. The van der Waals surface area contributed by atoms with Crippen molar-refractivity contribution in [3.05, 3.63) is 140 Å². The molecule has 0 aliphatic rings. The van der Waals surface area contributed by atoms with Crippen molar-refractivity contribution >= 4 is 55.6 Å². The molecule has 0 radical (unpaired) electrons. The second-order valence-electron chi connectivity index (χ2n) is 9.81. The first-order chi connectivity index (χ1) is 18.8. The summed E-state index contributed by atoms with van der Waals surface area (Å²) >= 11 is 0.399. The summed E-state index contributed by atoms with van der Waals surface area (Å²) in [6, 6.07) is 51.1. The van der Waals surface area contributed by atoms with Gasteiger partial charge in [-0.25, -0.2) is 0 Å². The molecule has 0 fully saturated rings. The van der Waals surface area contributed by atoms with Gasteiger partial charge in [-0.2, -0.15) is 0 Å². The van der Waals surface area contributed by atoms with Gasteiger partial charge in [-0.3, -0.25) is 0 Å². The zero-order valence-electron chi connectivity index (χ0n) is 20.6. The van der Waals surface area contributed by atoms with Crippen molar-refractivity contribution in [2.75, 3.05) is 0 Å². The van der Waals surface area contributed by atoms with Crippen LogP contribution in [0.3, 0.4) is 0 Å².